The van der Waals surface area contributed by atoms with Gasteiger partial charge in [0.05, 0.1) is 11.0 Å². The van der Waals surface area contributed by atoms with E-state index >= 15 is 0 Å². The molecule has 0 spiro atoms. The van der Waals surface area contributed by atoms with Gasteiger partial charge in [0.25, 0.3) is 0 Å². The molecular formula is C13H13N3. The van der Waals surface area contributed by atoms with Gasteiger partial charge in [-0.1, -0.05) is 12.1 Å². The minimum absolute atomic E-state index is 0.779. The molecule has 0 bridgehead atoms. The fourth-order valence-electron chi connectivity index (χ4n) is 2.35. The third-order valence-corrected chi connectivity index (χ3v) is 3.12. The molecule has 0 amide bonds. The van der Waals surface area contributed by atoms with E-state index in [0.29, 0.717) is 0 Å². The molecule has 0 saturated heterocycles. The summed E-state index contributed by atoms with van der Waals surface area (Å²) in [5.41, 5.74) is 15.9. The maximum absolute atomic E-state index is 6.04. The predicted octanol–water partition coefficient (Wildman–Crippen LogP) is 2.50. The first-order chi connectivity index (χ1) is 7.70. The number of fused-ring (bicyclic) bond motifs is 3. The number of benzene rings is 2. The van der Waals surface area contributed by atoms with Crippen LogP contribution >= 0.6 is 0 Å². The smallest absolute Gasteiger partial charge is 0.0510 e. The van der Waals surface area contributed by atoms with Crippen molar-refractivity contribution in [3.8, 4) is 0 Å². The molecule has 16 heavy (non-hydrogen) atoms. The SMILES string of the molecule is Cn1c2cccc(N)c2c2c(N)cccc21. The lowest BCUT2D eigenvalue weighted by Crippen LogP contribution is -1.87. The molecule has 0 saturated carbocycles. The van der Waals surface area contributed by atoms with Crippen molar-refractivity contribution < 1.29 is 0 Å². The van der Waals surface area contributed by atoms with Crippen LogP contribution in [0.3, 0.4) is 0 Å². The lowest BCUT2D eigenvalue weighted by molar-refractivity contribution is 1.01. The van der Waals surface area contributed by atoms with Crippen LogP contribution in [0, 0.1) is 0 Å². The summed E-state index contributed by atoms with van der Waals surface area (Å²) in [7, 11) is 2.03. The zero-order valence-electron chi connectivity index (χ0n) is 9.07. The summed E-state index contributed by atoms with van der Waals surface area (Å²) in [5, 5.41) is 2.11. The Morgan fingerprint density at radius 3 is 1.69 bits per heavy atom. The van der Waals surface area contributed by atoms with Gasteiger partial charge in [0.1, 0.15) is 0 Å². The normalized spacial score (nSPS) is 11.3. The molecule has 0 unspecified atom stereocenters. The van der Waals surface area contributed by atoms with Crippen LogP contribution in [-0.2, 0) is 7.05 Å². The van der Waals surface area contributed by atoms with Gasteiger partial charge in [-0.15, -0.1) is 0 Å². The Hall–Kier alpha value is -2.16. The monoisotopic (exact) mass is 211 g/mol. The first-order valence-electron chi connectivity index (χ1n) is 5.21. The highest BCUT2D eigenvalue weighted by Crippen LogP contribution is 2.35. The van der Waals surface area contributed by atoms with Gasteiger partial charge in [0.2, 0.25) is 0 Å². The van der Waals surface area contributed by atoms with E-state index in [-0.39, 0.29) is 0 Å². The quantitative estimate of drug-likeness (QED) is 0.561. The number of nitrogens with two attached hydrogens (primary N) is 2. The van der Waals surface area contributed by atoms with Crippen molar-refractivity contribution in [3.05, 3.63) is 36.4 Å². The molecule has 2 aromatic carbocycles. The summed E-state index contributed by atoms with van der Waals surface area (Å²) in [6.07, 6.45) is 0. The van der Waals surface area contributed by atoms with Gasteiger partial charge in [0.15, 0.2) is 0 Å². The zero-order chi connectivity index (χ0) is 11.3. The number of aromatic nitrogens is 1. The molecule has 3 nitrogen and oxygen atoms in total. The van der Waals surface area contributed by atoms with Crippen LogP contribution < -0.4 is 11.5 Å². The summed E-state index contributed by atoms with van der Waals surface area (Å²) < 4.78 is 2.12. The van der Waals surface area contributed by atoms with Crippen molar-refractivity contribution in [2.75, 3.05) is 11.5 Å². The van der Waals surface area contributed by atoms with Crippen LogP contribution in [0.25, 0.3) is 21.8 Å². The average Bonchev–Trinajstić information content (AvgIpc) is 2.56. The van der Waals surface area contributed by atoms with Crippen LogP contribution in [0.4, 0.5) is 11.4 Å². The maximum Gasteiger partial charge on any atom is 0.0510 e. The van der Waals surface area contributed by atoms with Gasteiger partial charge < -0.3 is 16.0 Å². The number of nitrogens with zero attached hydrogens (tertiary/aromatic N) is 1. The standard InChI is InChI=1S/C13H13N3/c1-16-10-6-2-4-8(14)12(10)13-9(15)5-3-7-11(13)16/h2-7H,14-15H2,1H3. The summed E-state index contributed by atoms with van der Waals surface area (Å²) in [5.74, 6) is 0. The topological polar surface area (TPSA) is 57.0 Å². The molecule has 1 aromatic heterocycles. The number of rotatable bonds is 0. The van der Waals surface area contributed by atoms with E-state index in [9.17, 15) is 0 Å². The predicted molar refractivity (Wildman–Crippen MR) is 69.2 cm³/mol. The molecule has 0 radical (unpaired) electrons. The van der Waals surface area contributed by atoms with Gasteiger partial charge in [-0.05, 0) is 24.3 Å². The Balaban J connectivity index is 2.73. The second-order valence-corrected chi connectivity index (χ2v) is 4.04. The summed E-state index contributed by atoms with van der Waals surface area (Å²) in [4.78, 5) is 0. The molecule has 3 aromatic rings. The van der Waals surface area contributed by atoms with E-state index in [4.69, 9.17) is 11.5 Å². The zero-order valence-corrected chi connectivity index (χ0v) is 9.07. The first-order valence-corrected chi connectivity index (χ1v) is 5.21. The molecule has 1 heterocycles. The molecule has 80 valence electrons. The lowest BCUT2D eigenvalue weighted by atomic mass is 10.1. The summed E-state index contributed by atoms with van der Waals surface area (Å²) in [6.45, 7) is 0. The minimum atomic E-state index is 0.779. The number of aryl methyl sites for hydroxylation is 1. The van der Waals surface area contributed by atoms with Crippen molar-refractivity contribution in [3.63, 3.8) is 0 Å². The number of nitrogen functional groups attached to an aromatic ring is 2. The fraction of sp³-hybridized carbons (Fsp3) is 0.0769. The summed E-state index contributed by atoms with van der Waals surface area (Å²) >= 11 is 0. The molecule has 0 aliphatic heterocycles. The summed E-state index contributed by atoms with van der Waals surface area (Å²) in [6, 6.07) is 11.9. The van der Waals surface area contributed by atoms with Crippen molar-refractivity contribution in [2.24, 2.45) is 7.05 Å². The highest BCUT2D eigenvalue weighted by molar-refractivity contribution is 6.17. The highest BCUT2D eigenvalue weighted by atomic mass is 14.9. The van der Waals surface area contributed by atoms with E-state index in [2.05, 4.69) is 16.7 Å². The molecule has 4 N–H and O–H groups in total. The molecule has 0 aliphatic rings. The lowest BCUT2D eigenvalue weighted by Gasteiger charge is -1.98. The maximum atomic E-state index is 6.04. The number of hydrogen-bond donors (Lipinski definition) is 2. The number of hydrogen-bond acceptors (Lipinski definition) is 2. The van der Waals surface area contributed by atoms with Gasteiger partial charge in [-0.3, -0.25) is 0 Å². The Kier molecular flexibility index (Phi) is 1.66. The van der Waals surface area contributed by atoms with Crippen LogP contribution in [0.5, 0.6) is 0 Å². The van der Waals surface area contributed by atoms with E-state index < -0.39 is 0 Å². The fourth-order valence-corrected chi connectivity index (χ4v) is 2.35. The van der Waals surface area contributed by atoms with Gasteiger partial charge >= 0.3 is 0 Å². The van der Waals surface area contributed by atoms with Crippen LogP contribution in [0.15, 0.2) is 36.4 Å². The van der Waals surface area contributed by atoms with Gasteiger partial charge in [-0.2, -0.15) is 0 Å². The van der Waals surface area contributed by atoms with Crippen LogP contribution in [-0.4, -0.2) is 4.57 Å². The Bertz CT molecular complexity index is 636. The number of anilines is 2. The molecule has 3 rings (SSSR count). The van der Waals surface area contributed by atoms with E-state index in [1.165, 1.54) is 0 Å². The first kappa shape index (κ1) is 9.09. The van der Waals surface area contributed by atoms with E-state index in [0.717, 1.165) is 33.2 Å². The molecular weight excluding hydrogens is 198 g/mol. The van der Waals surface area contributed by atoms with Gasteiger partial charge in [-0.25, -0.2) is 0 Å². The Morgan fingerprint density at radius 2 is 1.25 bits per heavy atom. The second kappa shape index (κ2) is 2.92. The van der Waals surface area contributed by atoms with Crippen molar-refractivity contribution in [2.45, 2.75) is 0 Å². The average molecular weight is 211 g/mol. The highest BCUT2D eigenvalue weighted by Gasteiger charge is 2.11. The Morgan fingerprint density at radius 1 is 0.812 bits per heavy atom. The largest absolute Gasteiger partial charge is 0.398 e. The van der Waals surface area contributed by atoms with Gasteiger partial charge in [0, 0.05) is 29.2 Å². The Labute approximate surface area is 93.3 Å². The molecule has 0 fully saturated rings. The van der Waals surface area contributed by atoms with Crippen LogP contribution in [0.2, 0.25) is 0 Å². The van der Waals surface area contributed by atoms with E-state index in [1.807, 2.05) is 31.3 Å². The van der Waals surface area contributed by atoms with Crippen molar-refractivity contribution in [1.29, 1.82) is 0 Å². The van der Waals surface area contributed by atoms with E-state index in [1.54, 1.807) is 0 Å². The van der Waals surface area contributed by atoms with Crippen molar-refractivity contribution >= 4 is 33.2 Å². The minimum Gasteiger partial charge on any atom is -0.398 e. The molecule has 0 atom stereocenters. The third-order valence-electron chi connectivity index (χ3n) is 3.12. The molecule has 0 aliphatic carbocycles. The van der Waals surface area contributed by atoms with Crippen LogP contribution in [0.1, 0.15) is 0 Å². The second-order valence-electron chi connectivity index (χ2n) is 4.04. The molecule has 3 heteroatoms. The van der Waals surface area contributed by atoms with Crippen molar-refractivity contribution in [1.82, 2.24) is 4.57 Å². The third kappa shape index (κ3) is 0.972.